The van der Waals surface area contributed by atoms with Crippen molar-refractivity contribution in [1.82, 2.24) is 19.7 Å². The van der Waals surface area contributed by atoms with Crippen LogP contribution < -0.4 is 5.73 Å². The van der Waals surface area contributed by atoms with Crippen LogP contribution in [0.5, 0.6) is 0 Å². The summed E-state index contributed by atoms with van der Waals surface area (Å²) < 4.78 is 6.97. The standard InChI is InChI=1S/C10H15N5O/c1-8-13-10(14-16-8)3-5-15-7-12-6-9(15)2-4-11/h6-7H,2-5,11H2,1H3. The van der Waals surface area contributed by atoms with E-state index in [1.54, 1.807) is 13.3 Å². The molecule has 0 aliphatic rings. The monoisotopic (exact) mass is 221 g/mol. The Labute approximate surface area is 93.5 Å². The van der Waals surface area contributed by atoms with E-state index in [0.29, 0.717) is 12.4 Å². The van der Waals surface area contributed by atoms with E-state index in [1.807, 2.05) is 6.20 Å². The fourth-order valence-corrected chi connectivity index (χ4v) is 1.57. The number of rotatable bonds is 5. The van der Waals surface area contributed by atoms with Gasteiger partial charge in [0.2, 0.25) is 5.89 Å². The topological polar surface area (TPSA) is 82.8 Å². The van der Waals surface area contributed by atoms with Crippen LogP contribution in [0.4, 0.5) is 0 Å². The van der Waals surface area contributed by atoms with Crippen molar-refractivity contribution in [3.8, 4) is 0 Å². The van der Waals surface area contributed by atoms with Crippen LogP contribution in [-0.4, -0.2) is 26.2 Å². The molecule has 0 radical (unpaired) electrons. The van der Waals surface area contributed by atoms with Gasteiger partial charge < -0.3 is 14.8 Å². The molecule has 0 spiro atoms. The lowest BCUT2D eigenvalue weighted by Crippen LogP contribution is -2.10. The third kappa shape index (κ3) is 2.46. The molecule has 0 amide bonds. The largest absolute Gasteiger partial charge is 0.340 e. The first kappa shape index (κ1) is 10.8. The molecular weight excluding hydrogens is 206 g/mol. The minimum absolute atomic E-state index is 0.600. The zero-order valence-corrected chi connectivity index (χ0v) is 9.26. The Kier molecular flexibility index (Phi) is 3.31. The number of nitrogens with two attached hydrogens (primary N) is 1. The predicted octanol–water partition coefficient (Wildman–Crippen LogP) is 0.318. The lowest BCUT2D eigenvalue weighted by molar-refractivity contribution is 0.386. The van der Waals surface area contributed by atoms with Gasteiger partial charge in [0.25, 0.3) is 0 Å². The molecule has 0 saturated carbocycles. The highest BCUT2D eigenvalue weighted by Crippen LogP contribution is 2.03. The Morgan fingerprint density at radius 3 is 3.00 bits per heavy atom. The van der Waals surface area contributed by atoms with Crippen molar-refractivity contribution in [2.75, 3.05) is 6.54 Å². The van der Waals surface area contributed by atoms with Crippen LogP contribution in [0.15, 0.2) is 17.0 Å². The summed E-state index contributed by atoms with van der Waals surface area (Å²) in [6.45, 7) is 3.22. The molecule has 2 rings (SSSR count). The van der Waals surface area contributed by atoms with Crippen molar-refractivity contribution in [1.29, 1.82) is 0 Å². The van der Waals surface area contributed by atoms with Crippen LogP contribution in [0.1, 0.15) is 17.4 Å². The van der Waals surface area contributed by atoms with E-state index in [9.17, 15) is 0 Å². The average Bonchev–Trinajstić information content (AvgIpc) is 2.85. The first-order valence-electron chi connectivity index (χ1n) is 5.28. The number of nitrogens with zero attached hydrogens (tertiary/aromatic N) is 4. The molecule has 16 heavy (non-hydrogen) atoms. The molecule has 0 aromatic carbocycles. The molecule has 0 fully saturated rings. The zero-order valence-electron chi connectivity index (χ0n) is 9.26. The third-order valence-electron chi connectivity index (χ3n) is 2.34. The molecule has 0 bridgehead atoms. The van der Waals surface area contributed by atoms with Gasteiger partial charge in [0.05, 0.1) is 6.33 Å². The number of aryl methyl sites for hydroxylation is 3. The van der Waals surface area contributed by atoms with Gasteiger partial charge in [-0.05, 0) is 6.54 Å². The SMILES string of the molecule is Cc1nc(CCn2cncc2CCN)no1. The maximum Gasteiger partial charge on any atom is 0.223 e. The second-order valence-corrected chi connectivity index (χ2v) is 3.60. The second kappa shape index (κ2) is 4.89. The van der Waals surface area contributed by atoms with E-state index in [-0.39, 0.29) is 0 Å². The molecule has 2 aromatic heterocycles. The van der Waals surface area contributed by atoms with Gasteiger partial charge in [-0.1, -0.05) is 5.16 Å². The molecular formula is C10H15N5O. The highest BCUT2D eigenvalue weighted by atomic mass is 16.5. The van der Waals surface area contributed by atoms with Crippen LogP contribution in [0.25, 0.3) is 0 Å². The molecule has 0 aliphatic heterocycles. The Morgan fingerprint density at radius 2 is 2.31 bits per heavy atom. The predicted molar refractivity (Wildman–Crippen MR) is 57.7 cm³/mol. The van der Waals surface area contributed by atoms with E-state index >= 15 is 0 Å². The molecule has 6 heteroatoms. The van der Waals surface area contributed by atoms with Gasteiger partial charge >= 0.3 is 0 Å². The summed E-state index contributed by atoms with van der Waals surface area (Å²) in [6, 6.07) is 0. The van der Waals surface area contributed by atoms with Gasteiger partial charge in [0.1, 0.15) is 0 Å². The fraction of sp³-hybridized carbons (Fsp3) is 0.500. The zero-order chi connectivity index (χ0) is 11.4. The summed E-state index contributed by atoms with van der Waals surface area (Å²) >= 11 is 0. The van der Waals surface area contributed by atoms with Gasteiger partial charge in [-0.3, -0.25) is 0 Å². The Hall–Kier alpha value is -1.69. The Balaban J connectivity index is 1.96. The molecule has 2 heterocycles. The lowest BCUT2D eigenvalue weighted by atomic mass is 10.3. The van der Waals surface area contributed by atoms with Crippen molar-refractivity contribution in [2.24, 2.45) is 5.73 Å². The minimum Gasteiger partial charge on any atom is -0.340 e. The van der Waals surface area contributed by atoms with Gasteiger partial charge in [-0.15, -0.1) is 0 Å². The number of imidazole rings is 1. The van der Waals surface area contributed by atoms with E-state index < -0.39 is 0 Å². The quantitative estimate of drug-likeness (QED) is 0.786. The van der Waals surface area contributed by atoms with Gasteiger partial charge in [-0.2, -0.15) is 4.98 Å². The van der Waals surface area contributed by atoms with Crippen molar-refractivity contribution in [3.05, 3.63) is 29.9 Å². The summed E-state index contributed by atoms with van der Waals surface area (Å²) in [6.07, 6.45) is 5.23. The van der Waals surface area contributed by atoms with E-state index in [1.165, 1.54) is 0 Å². The van der Waals surface area contributed by atoms with E-state index in [4.69, 9.17) is 10.3 Å². The first-order valence-corrected chi connectivity index (χ1v) is 5.28. The van der Waals surface area contributed by atoms with Crippen LogP contribution in [-0.2, 0) is 19.4 Å². The maximum atomic E-state index is 5.52. The number of hydrogen-bond donors (Lipinski definition) is 1. The molecule has 0 unspecified atom stereocenters. The molecule has 6 nitrogen and oxygen atoms in total. The van der Waals surface area contributed by atoms with Crippen molar-refractivity contribution in [3.63, 3.8) is 0 Å². The van der Waals surface area contributed by atoms with Crippen molar-refractivity contribution < 1.29 is 4.52 Å². The van der Waals surface area contributed by atoms with Crippen molar-refractivity contribution in [2.45, 2.75) is 26.3 Å². The van der Waals surface area contributed by atoms with E-state index in [2.05, 4.69) is 19.7 Å². The summed E-state index contributed by atoms with van der Waals surface area (Å²) in [5.41, 5.74) is 6.66. The molecule has 2 aromatic rings. The first-order chi connectivity index (χ1) is 7.79. The second-order valence-electron chi connectivity index (χ2n) is 3.60. The molecule has 2 N–H and O–H groups in total. The summed E-state index contributed by atoms with van der Waals surface area (Å²) in [7, 11) is 0. The van der Waals surface area contributed by atoms with Gasteiger partial charge in [0.15, 0.2) is 5.82 Å². The Morgan fingerprint density at radius 1 is 1.44 bits per heavy atom. The van der Waals surface area contributed by atoms with Gasteiger partial charge in [-0.25, -0.2) is 4.98 Å². The fourth-order valence-electron chi connectivity index (χ4n) is 1.57. The van der Waals surface area contributed by atoms with E-state index in [0.717, 1.165) is 30.9 Å². The number of hydrogen-bond acceptors (Lipinski definition) is 5. The maximum absolute atomic E-state index is 5.52. The normalized spacial score (nSPS) is 10.9. The summed E-state index contributed by atoms with van der Waals surface area (Å²) in [5, 5.41) is 3.85. The minimum atomic E-state index is 0.600. The van der Waals surface area contributed by atoms with Crippen LogP contribution in [0.3, 0.4) is 0 Å². The number of aromatic nitrogens is 4. The van der Waals surface area contributed by atoms with Crippen LogP contribution >= 0.6 is 0 Å². The summed E-state index contributed by atoms with van der Waals surface area (Å²) in [4.78, 5) is 8.25. The summed E-state index contributed by atoms with van der Waals surface area (Å²) in [5.74, 6) is 1.33. The molecule has 0 saturated heterocycles. The highest BCUT2D eigenvalue weighted by Gasteiger charge is 2.05. The van der Waals surface area contributed by atoms with Gasteiger partial charge in [0, 0.05) is 38.2 Å². The van der Waals surface area contributed by atoms with Crippen LogP contribution in [0.2, 0.25) is 0 Å². The molecule has 0 aliphatic carbocycles. The Bertz CT molecular complexity index is 448. The van der Waals surface area contributed by atoms with Crippen LogP contribution in [0, 0.1) is 6.92 Å². The average molecular weight is 221 g/mol. The highest BCUT2D eigenvalue weighted by molar-refractivity contribution is 4.99. The molecule has 86 valence electrons. The third-order valence-corrected chi connectivity index (χ3v) is 2.34. The van der Waals surface area contributed by atoms with Crippen molar-refractivity contribution >= 4 is 0 Å². The lowest BCUT2D eigenvalue weighted by Gasteiger charge is -2.04. The molecule has 0 atom stereocenters. The smallest absolute Gasteiger partial charge is 0.223 e.